The van der Waals surface area contributed by atoms with Gasteiger partial charge in [-0.2, -0.15) is 0 Å². The highest BCUT2D eigenvalue weighted by Crippen LogP contribution is 2.23. The molecule has 1 saturated heterocycles. The summed E-state index contributed by atoms with van der Waals surface area (Å²) in [6.45, 7) is 4.32. The number of carboxylic acid groups (broad SMARTS) is 1. The topological polar surface area (TPSA) is 66.8 Å². The fraction of sp³-hybridized carbons (Fsp3) is 0.800. The molecule has 0 radical (unpaired) electrons. The molecule has 0 aromatic heterocycles. The average Bonchev–Trinajstić information content (AvgIpc) is 2.58. The largest absolute Gasteiger partial charge is 0.481 e. The first kappa shape index (κ1) is 12.0. The van der Waals surface area contributed by atoms with Gasteiger partial charge in [0.2, 0.25) is 0 Å². The predicted octanol–water partition coefficient (Wildman–Crippen LogP) is 0.200. The van der Waals surface area contributed by atoms with Gasteiger partial charge in [-0.05, 0) is 12.8 Å². The fourth-order valence-electron chi connectivity index (χ4n) is 1.83. The molecule has 15 heavy (non-hydrogen) atoms. The van der Waals surface area contributed by atoms with Crippen molar-refractivity contribution in [2.24, 2.45) is 11.8 Å². The Kier molecular flexibility index (Phi) is 3.68. The first-order valence-corrected chi connectivity index (χ1v) is 5.01. The number of carboxylic acids is 1. The number of amides is 1. The van der Waals surface area contributed by atoms with Crippen molar-refractivity contribution < 1.29 is 19.4 Å². The van der Waals surface area contributed by atoms with Crippen molar-refractivity contribution >= 4 is 11.9 Å². The molecule has 1 amide bonds. The highest BCUT2D eigenvalue weighted by molar-refractivity contribution is 5.82. The van der Waals surface area contributed by atoms with Crippen molar-refractivity contribution in [3.63, 3.8) is 0 Å². The molecule has 5 heteroatoms. The molecule has 0 aliphatic carbocycles. The number of methoxy groups -OCH3 is 1. The van der Waals surface area contributed by atoms with Crippen molar-refractivity contribution in [2.45, 2.75) is 20.0 Å². The van der Waals surface area contributed by atoms with E-state index in [-0.39, 0.29) is 11.8 Å². The number of hydrogen-bond acceptors (Lipinski definition) is 3. The molecule has 0 aromatic rings. The van der Waals surface area contributed by atoms with Crippen molar-refractivity contribution in [1.29, 1.82) is 0 Å². The number of nitrogens with zero attached hydrogens (tertiary/aromatic N) is 1. The number of ether oxygens (including phenoxy) is 1. The summed E-state index contributed by atoms with van der Waals surface area (Å²) in [5.74, 6) is -1.40. The molecule has 5 nitrogen and oxygen atoms in total. The Morgan fingerprint density at radius 1 is 1.47 bits per heavy atom. The minimum Gasteiger partial charge on any atom is -0.481 e. The van der Waals surface area contributed by atoms with Gasteiger partial charge in [0.15, 0.2) is 0 Å². The summed E-state index contributed by atoms with van der Waals surface area (Å²) in [6, 6.07) is 0. The van der Waals surface area contributed by atoms with Gasteiger partial charge in [0.25, 0.3) is 5.91 Å². The van der Waals surface area contributed by atoms with Crippen molar-refractivity contribution in [3.05, 3.63) is 0 Å². The summed E-state index contributed by atoms with van der Waals surface area (Å²) in [6.07, 6.45) is -0.496. The predicted molar refractivity (Wildman–Crippen MR) is 53.3 cm³/mol. The van der Waals surface area contributed by atoms with Crippen LogP contribution in [0.2, 0.25) is 0 Å². The van der Waals surface area contributed by atoms with Crippen LogP contribution in [0.3, 0.4) is 0 Å². The van der Waals surface area contributed by atoms with Gasteiger partial charge in [-0.25, -0.2) is 0 Å². The summed E-state index contributed by atoms with van der Waals surface area (Å²) in [4.78, 5) is 24.1. The Labute approximate surface area is 89.0 Å². The normalized spacial score (nSPS) is 27.8. The molecule has 1 heterocycles. The quantitative estimate of drug-likeness (QED) is 0.730. The zero-order valence-electron chi connectivity index (χ0n) is 9.27. The molecule has 3 atom stereocenters. The molecule has 1 N–H and O–H groups in total. The summed E-state index contributed by atoms with van der Waals surface area (Å²) in [7, 11) is 1.47. The second-order valence-corrected chi connectivity index (χ2v) is 4.04. The molecule has 0 spiro atoms. The molecule has 0 bridgehead atoms. The fourth-order valence-corrected chi connectivity index (χ4v) is 1.83. The molecule has 1 aliphatic rings. The number of hydrogen-bond donors (Lipinski definition) is 1. The molecular formula is C10H17NO4. The Morgan fingerprint density at radius 3 is 2.47 bits per heavy atom. The average molecular weight is 215 g/mol. The monoisotopic (exact) mass is 215 g/mol. The third kappa shape index (κ3) is 2.47. The van der Waals surface area contributed by atoms with Crippen LogP contribution >= 0.6 is 0 Å². The van der Waals surface area contributed by atoms with E-state index in [2.05, 4.69) is 0 Å². The zero-order chi connectivity index (χ0) is 11.6. The van der Waals surface area contributed by atoms with Gasteiger partial charge in [-0.15, -0.1) is 0 Å². The molecule has 1 rings (SSSR count). The first-order chi connectivity index (χ1) is 6.97. The van der Waals surface area contributed by atoms with Gasteiger partial charge in [0, 0.05) is 20.2 Å². The second-order valence-electron chi connectivity index (χ2n) is 4.04. The number of likely N-dealkylation sites (tertiary alicyclic amines) is 1. The summed E-state index contributed by atoms with van der Waals surface area (Å²) in [5.41, 5.74) is 0. The lowest BCUT2D eigenvalue weighted by molar-refractivity contribution is -0.143. The third-order valence-corrected chi connectivity index (χ3v) is 2.94. The highest BCUT2D eigenvalue weighted by Gasteiger charge is 2.38. The Balaban J connectivity index is 2.62. The highest BCUT2D eigenvalue weighted by atomic mass is 16.5. The first-order valence-electron chi connectivity index (χ1n) is 5.01. The van der Waals surface area contributed by atoms with Crippen LogP contribution in [0, 0.1) is 11.8 Å². The smallest absolute Gasteiger partial charge is 0.308 e. The molecule has 1 aliphatic heterocycles. The lowest BCUT2D eigenvalue weighted by atomic mass is 9.99. The lowest BCUT2D eigenvalue weighted by Crippen LogP contribution is -2.37. The van der Waals surface area contributed by atoms with Gasteiger partial charge < -0.3 is 14.7 Å². The standard InChI is InChI=1S/C10H17NO4/c1-6-4-11(5-8(6)10(13)14)9(12)7(2)15-3/h6-8H,4-5H2,1-3H3,(H,13,14). The minimum atomic E-state index is -0.831. The van der Waals surface area contributed by atoms with Crippen LogP contribution in [0.15, 0.2) is 0 Å². The van der Waals surface area contributed by atoms with E-state index >= 15 is 0 Å². The van der Waals surface area contributed by atoms with Crippen molar-refractivity contribution in [3.8, 4) is 0 Å². The van der Waals surface area contributed by atoms with Crippen LogP contribution < -0.4 is 0 Å². The number of rotatable bonds is 3. The van der Waals surface area contributed by atoms with Crippen molar-refractivity contribution in [1.82, 2.24) is 4.90 Å². The maximum absolute atomic E-state index is 11.7. The van der Waals surface area contributed by atoms with Crippen LogP contribution in [0.4, 0.5) is 0 Å². The minimum absolute atomic E-state index is 0.00973. The zero-order valence-corrected chi connectivity index (χ0v) is 9.27. The molecule has 0 aromatic carbocycles. The van der Waals surface area contributed by atoms with Crippen LogP contribution in [-0.2, 0) is 14.3 Å². The maximum atomic E-state index is 11.7. The van der Waals surface area contributed by atoms with E-state index in [1.807, 2.05) is 6.92 Å². The molecule has 1 fully saturated rings. The lowest BCUT2D eigenvalue weighted by Gasteiger charge is -2.19. The van der Waals surface area contributed by atoms with Gasteiger partial charge in [0.1, 0.15) is 6.10 Å². The Morgan fingerprint density at radius 2 is 2.07 bits per heavy atom. The van der Waals surface area contributed by atoms with E-state index in [0.717, 1.165) is 0 Å². The SMILES string of the molecule is COC(C)C(=O)N1CC(C)C(C(=O)O)C1. The van der Waals surface area contributed by atoms with Crippen molar-refractivity contribution in [2.75, 3.05) is 20.2 Å². The van der Waals surface area contributed by atoms with Gasteiger partial charge >= 0.3 is 5.97 Å². The summed E-state index contributed by atoms with van der Waals surface area (Å²) < 4.78 is 4.92. The van der Waals surface area contributed by atoms with Gasteiger partial charge in [-0.1, -0.05) is 6.92 Å². The van der Waals surface area contributed by atoms with E-state index in [4.69, 9.17) is 9.84 Å². The Hall–Kier alpha value is -1.10. The third-order valence-electron chi connectivity index (χ3n) is 2.94. The van der Waals surface area contributed by atoms with Gasteiger partial charge in [-0.3, -0.25) is 9.59 Å². The Bertz CT molecular complexity index is 266. The molecule has 86 valence electrons. The van der Waals surface area contributed by atoms with E-state index in [9.17, 15) is 9.59 Å². The number of carbonyl (C=O) groups is 2. The van der Waals surface area contributed by atoms with E-state index in [1.165, 1.54) is 7.11 Å². The molecule has 3 unspecified atom stereocenters. The van der Waals surface area contributed by atoms with Crippen LogP contribution in [0.5, 0.6) is 0 Å². The second kappa shape index (κ2) is 4.61. The van der Waals surface area contributed by atoms with Crippen LogP contribution in [0.1, 0.15) is 13.8 Å². The number of carbonyl (C=O) groups excluding carboxylic acids is 1. The molecular weight excluding hydrogens is 198 g/mol. The van der Waals surface area contributed by atoms with E-state index < -0.39 is 18.0 Å². The molecule has 0 saturated carbocycles. The number of aliphatic carboxylic acids is 1. The van der Waals surface area contributed by atoms with E-state index in [0.29, 0.717) is 13.1 Å². The van der Waals surface area contributed by atoms with Crippen LogP contribution in [0.25, 0.3) is 0 Å². The summed E-state index contributed by atoms with van der Waals surface area (Å²) in [5, 5.41) is 8.91. The van der Waals surface area contributed by atoms with Gasteiger partial charge in [0.05, 0.1) is 5.92 Å². The maximum Gasteiger partial charge on any atom is 0.308 e. The summed E-state index contributed by atoms with van der Waals surface area (Å²) >= 11 is 0. The van der Waals surface area contributed by atoms with Crippen LogP contribution in [-0.4, -0.2) is 48.2 Å². The van der Waals surface area contributed by atoms with E-state index in [1.54, 1.807) is 11.8 Å².